The van der Waals surface area contributed by atoms with Crippen molar-refractivity contribution in [3.05, 3.63) is 83.4 Å². The second kappa shape index (κ2) is 7.95. The largest absolute Gasteiger partial charge is 0.416 e. The second-order valence-electron chi connectivity index (χ2n) is 5.80. The number of carbonyl (C=O) groups excluding carboxylic acids is 2. The number of alkyl halides is 3. The van der Waals surface area contributed by atoms with E-state index in [2.05, 4.69) is 20.6 Å². The number of amides is 2. The Kier molecular flexibility index (Phi) is 5.44. The fourth-order valence-corrected chi connectivity index (χ4v) is 2.48. The molecule has 6 nitrogen and oxygen atoms in total. The first-order valence-electron chi connectivity index (χ1n) is 8.18. The van der Waals surface area contributed by atoms with Crippen molar-refractivity contribution >= 4 is 17.5 Å². The van der Waals surface area contributed by atoms with Crippen molar-refractivity contribution in [2.75, 3.05) is 5.32 Å². The fourth-order valence-electron chi connectivity index (χ4n) is 2.48. The Bertz CT molecular complexity index is 985. The molecule has 0 fully saturated rings. The number of carbonyl (C=O) groups is 2. The number of aromatic amines is 1. The highest BCUT2D eigenvalue weighted by molar-refractivity contribution is 6.09. The number of halogens is 3. The van der Waals surface area contributed by atoms with E-state index in [1.807, 2.05) is 0 Å². The Balaban J connectivity index is 1.76. The third kappa shape index (κ3) is 4.56. The van der Waals surface area contributed by atoms with Gasteiger partial charge in [0.05, 0.1) is 23.4 Å². The summed E-state index contributed by atoms with van der Waals surface area (Å²) in [7, 11) is 0. The van der Waals surface area contributed by atoms with Crippen LogP contribution in [0.2, 0.25) is 0 Å². The summed E-state index contributed by atoms with van der Waals surface area (Å²) in [4.78, 5) is 31.6. The zero-order chi connectivity index (χ0) is 20.1. The van der Waals surface area contributed by atoms with Gasteiger partial charge in [0.25, 0.3) is 11.8 Å². The van der Waals surface area contributed by atoms with Crippen LogP contribution in [0.4, 0.5) is 18.9 Å². The van der Waals surface area contributed by atoms with Crippen LogP contribution in [0.25, 0.3) is 0 Å². The molecule has 0 bridgehead atoms. The topological polar surface area (TPSA) is 86.9 Å². The third-order valence-electron chi connectivity index (χ3n) is 3.84. The molecule has 0 radical (unpaired) electrons. The monoisotopic (exact) mass is 388 g/mol. The Hall–Kier alpha value is -3.62. The Morgan fingerprint density at radius 3 is 2.54 bits per heavy atom. The van der Waals surface area contributed by atoms with Crippen LogP contribution >= 0.6 is 0 Å². The fraction of sp³-hybridized carbons (Fsp3) is 0.105. The SMILES string of the molecule is O=C(Nc1ccccc1C(=O)NCc1ncc[nH]1)c1cccc(C(F)(F)F)c1. The van der Waals surface area contributed by atoms with Crippen LogP contribution in [0.3, 0.4) is 0 Å². The summed E-state index contributed by atoms with van der Waals surface area (Å²) in [5.74, 6) is -0.660. The number of anilines is 1. The Morgan fingerprint density at radius 2 is 1.82 bits per heavy atom. The van der Waals surface area contributed by atoms with Crippen molar-refractivity contribution in [2.24, 2.45) is 0 Å². The number of hydrogen-bond acceptors (Lipinski definition) is 3. The molecule has 144 valence electrons. The maximum Gasteiger partial charge on any atom is 0.416 e. The highest BCUT2D eigenvalue weighted by Gasteiger charge is 2.31. The van der Waals surface area contributed by atoms with Crippen LogP contribution in [0, 0.1) is 0 Å². The first-order valence-corrected chi connectivity index (χ1v) is 8.18. The molecule has 0 saturated heterocycles. The van der Waals surface area contributed by atoms with Gasteiger partial charge in [-0.05, 0) is 30.3 Å². The summed E-state index contributed by atoms with van der Waals surface area (Å²) < 4.78 is 38.5. The Morgan fingerprint density at radius 1 is 1.04 bits per heavy atom. The molecule has 0 unspecified atom stereocenters. The van der Waals surface area contributed by atoms with E-state index in [1.54, 1.807) is 24.5 Å². The summed E-state index contributed by atoms with van der Waals surface area (Å²) >= 11 is 0. The molecule has 0 aliphatic rings. The van der Waals surface area contributed by atoms with E-state index in [1.165, 1.54) is 18.2 Å². The smallest absolute Gasteiger partial charge is 0.347 e. The molecular weight excluding hydrogens is 373 g/mol. The third-order valence-corrected chi connectivity index (χ3v) is 3.84. The molecule has 2 aromatic carbocycles. The molecule has 1 heterocycles. The number of H-pyrrole nitrogens is 1. The molecule has 0 spiro atoms. The van der Waals surface area contributed by atoms with E-state index in [0.29, 0.717) is 5.82 Å². The van der Waals surface area contributed by atoms with Crippen molar-refractivity contribution in [2.45, 2.75) is 12.7 Å². The van der Waals surface area contributed by atoms with Crippen LogP contribution in [0.1, 0.15) is 32.1 Å². The molecule has 0 saturated carbocycles. The minimum Gasteiger partial charge on any atom is -0.347 e. The summed E-state index contributed by atoms with van der Waals surface area (Å²) in [5.41, 5.74) is -0.735. The van der Waals surface area contributed by atoms with E-state index in [-0.39, 0.29) is 23.4 Å². The zero-order valence-electron chi connectivity index (χ0n) is 14.4. The summed E-state index contributed by atoms with van der Waals surface area (Å²) in [6.45, 7) is 0.155. The van der Waals surface area contributed by atoms with Gasteiger partial charge in [0.2, 0.25) is 0 Å². The number of aromatic nitrogens is 2. The highest BCUT2D eigenvalue weighted by Crippen LogP contribution is 2.29. The second-order valence-corrected chi connectivity index (χ2v) is 5.80. The molecule has 3 N–H and O–H groups in total. The van der Waals surface area contributed by atoms with Gasteiger partial charge in [-0.15, -0.1) is 0 Å². The van der Waals surface area contributed by atoms with Crippen molar-refractivity contribution < 1.29 is 22.8 Å². The first-order chi connectivity index (χ1) is 13.3. The van der Waals surface area contributed by atoms with Gasteiger partial charge in [-0.2, -0.15) is 13.2 Å². The first kappa shape index (κ1) is 19.2. The van der Waals surface area contributed by atoms with E-state index < -0.39 is 23.6 Å². The van der Waals surface area contributed by atoms with E-state index in [9.17, 15) is 22.8 Å². The molecule has 1 aromatic heterocycles. The summed E-state index contributed by atoms with van der Waals surface area (Å²) in [5, 5.41) is 5.14. The number of benzene rings is 2. The average molecular weight is 388 g/mol. The minimum absolute atomic E-state index is 0.155. The van der Waals surface area contributed by atoms with Gasteiger partial charge in [0.15, 0.2) is 0 Å². The van der Waals surface area contributed by atoms with E-state index in [4.69, 9.17) is 0 Å². The average Bonchev–Trinajstić information content (AvgIpc) is 3.19. The maximum atomic E-state index is 12.8. The highest BCUT2D eigenvalue weighted by atomic mass is 19.4. The number of rotatable bonds is 5. The standard InChI is InChI=1S/C19H15F3N4O2/c20-19(21,22)13-5-3-4-12(10-13)17(27)26-15-7-2-1-6-14(15)18(28)25-11-16-23-8-9-24-16/h1-10H,11H2,(H,23,24)(H,25,28)(H,26,27). The van der Waals surface area contributed by atoms with Crippen molar-refractivity contribution in [1.82, 2.24) is 15.3 Å². The lowest BCUT2D eigenvalue weighted by Crippen LogP contribution is -2.25. The molecule has 9 heteroatoms. The van der Waals surface area contributed by atoms with Gasteiger partial charge in [-0.25, -0.2) is 4.98 Å². The van der Waals surface area contributed by atoms with Gasteiger partial charge in [-0.1, -0.05) is 18.2 Å². The van der Waals surface area contributed by atoms with Gasteiger partial charge < -0.3 is 15.6 Å². The van der Waals surface area contributed by atoms with Crippen molar-refractivity contribution in [1.29, 1.82) is 0 Å². The summed E-state index contributed by atoms with van der Waals surface area (Å²) in [6, 6.07) is 10.3. The zero-order valence-corrected chi connectivity index (χ0v) is 14.4. The molecule has 28 heavy (non-hydrogen) atoms. The number of para-hydroxylation sites is 1. The molecule has 3 rings (SSSR count). The van der Waals surface area contributed by atoms with Crippen LogP contribution in [0.5, 0.6) is 0 Å². The van der Waals surface area contributed by atoms with Crippen LogP contribution in [0.15, 0.2) is 60.9 Å². The lowest BCUT2D eigenvalue weighted by atomic mass is 10.1. The number of hydrogen-bond donors (Lipinski definition) is 3. The van der Waals surface area contributed by atoms with E-state index in [0.717, 1.165) is 18.2 Å². The van der Waals surface area contributed by atoms with Gasteiger partial charge in [0.1, 0.15) is 5.82 Å². The molecular formula is C19H15F3N4O2. The van der Waals surface area contributed by atoms with E-state index >= 15 is 0 Å². The molecule has 3 aromatic rings. The van der Waals surface area contributed by atoms with Crippen LogP contribution in [-0.4, -0.2) is 21.8 Å². The molecule has 2 amide bonds. The number of imidazole rings is 1. The van der Waals surface area contributed by atoms with Gasteiger partial charge >= 0.3 is 6.18 Å². The van der Waals surface area contributed by atoms with Crippen molar-refractivity contribution in [3.8, 4) is 0 Å². The van der Waals surface area contributed by atoms with Gasteiger partial charge in [0, 0.05) is 18.0 Å². The van der Waals surface area contributed by atoms with Crippen molar-refractivity contribution in [3.63, 3.8) is 0 Å². The molecule has 0 aliphatic carbocycles. The quantitative estimate of drug-likeness (QED) is 0.624. The lowest BCUT2D eigenvalue weighted by Gasteiger charge is -2.12. The minimum atomic E-state index is -4.56. The predicted molar refractivity (Wildman–Crippen MR) is 95.6 cm³/mol. The molecule has 0 atom stereocenters. The van der Waals surface area contributed by atoms with Gasteiger partial charge in [-0.3, -0.25) is 9.59 Å². The Labute approximate surface area is 157 Å². The predicted octanol–water partition coefficient (Wildman–Crippen LogP) is 3.61. The number of nitrogens with zero attached hydrogens (tertiary/aromatic N) is 1. The molecule has 0 aliphatic heterocycles. The van der Waals surface area contributed by atoms with Crippen LogP contribution in [-0.2, 0) is 12.7 Å². The van der Waals surface area contributed by atoms with Crippen LogP contribution < -0.4 is 10.6 Å². The number of nitrogens with one attached hydrogen (secondary N) is 3. The lowest BCUT2D eigenvalue weighted by molar-refractivity contribution is -0.137. The normalized spacial score (nSPS) is 11.1. The maximum absolute atomic E-state index is 12.8. The summed E-state index contributed by atoms with van der Waals surface area (Å²) in [6.07, 6.45) is -1.39.